The predicted molar refractivity (Wildman–Crippen MR) is 161 cm³/mol. The molecule has 0 aliphatic rings. The van der Waals surface area contributed by atoms with E-state index in [0.717, 1.165) is 22.4 Å². The molecule has 0 N–H and O–H groups in total. The average Bonchev–Trinajstić information content (AvgIpc) is 3.43. The number of pyridine rings is 1. The van der Waals surface area contributed by atoms with Crippen LogP contribution in [0.4, 0.5) is 0 Å². The van der Waals surface area contributed by atoms with E-state index in [2.05, 4.69) is 65.1 Å². The molecule has 7 rings (SSSR count). The van der Waals surface area contributed by atoms with Gasteiger partial charge in [0.1, 0.15) is 39.2 Å². The molecule has 10 radical (unpaired) electrons. The smallest absolute Gasteiger partial charge is 0.113 e. The van der Waals surface area contributed by atoms with E-state index in [1.165, 1.54) is 38.1 Å². The minimum absolute atomic E-state index is 0.201. The van der Waals surface area contributed by atoms with Crippen LogP contribution < -0.4 is 27.3 Å². The van der Waals surface area contributed by atoms with Gasteiger partial charge >= 0.3 is 0 Å². The zero-order valence-corrected chi connectivity index (χ0v) is 20.2. The van der Waals surface area contributed by atoms with E-state index in [9.17, 15) is 0 Å². The third kappa shape index (κ3) is 2.97. The molecule has 0 aliphatic carbocycles. The van der Waals surface area contributed by atoms with Crippen molar-refractivity contribution in [2.45, 2.75) is 6.92 Å². The molecule has 0 aliphatic heterocycles. The summed E-state index contributed by atoms with van der Waals surface area (Å²) in [6, 6.07) is 23.6. The van der Waals surface area contributed by atoms with Gasteiger partial charge in [-0.15, -0.1) is 16.4 Å². The molecule has 0 atom stereocenters. The number of para-hydroxylation sites is 2. The number of rotatable bonds is 2. The fourth-order valence-corrected chi connectivity index (χ4v) is 5.71. The summed E-state index contributed by atoms with van der Waals surface area (Å²) < 4.78 is 2.36. The van der Waals surface area contributed by atoms with Crippen molar-refractivity contribution in [3.63, 3.8) is 0 Å². The van der Waals surface area contributed by atoms with Gasteiger partial charge in [-0.3, -0.25) is 4.98 Å². The van der Waals surface area contributed by atoms with Crippen LogP contribution in [0.25, 0.3) is 60.5 Å². The summed E-state index contributed by atoms with van der Waals surface area (Å²) in [6.45, 7) is 1.99. The number of aryl methyl sites for hydroxylation is 1. The Balaban J connectivity index is 1.42. The van der Waals surface area contributed by atoms with E-state index >= 15 is 0 Å². The molecule has 7 aromatic rings. The molecule has 160 valence electrons. The molecule has 0 saturated carbocycles. The largest absolute Gasteiger partial charge is 0.308 e. The standard InChI is InChI=1S/C30H15B5N2/c1-14-11-21(36-13-20(14)24-25(31)27(33)29(35)28(34)26(24)32)15-9-10-23-19(12-15)18-7-4-6-17-16-5-2-3-8-22(16)37(23)30(17)18/h2-13H,1H3. The van der Waals surface area contributed by atoms with Crippen molar-refractivity contribution in [3.05, 3.63) is 78.5 Å². The van der Waals surface area contributed by atoms with Gasteiger partial charge in [0.2, 0.25) is 0 Å². The third-order valence-corrected chi connectivity index (χ3v) is 7.60. The monoisotopic (exact) mass is 458 g/mol. The van der Waals surface area contributed by atoms with Crippen LogP contribution in [0.2, 0.25) is 0 Å². The molecule has 4 aromatic carbocycles. The highest BCUT2D eigenvalue weighted by Crippen LogP contribution is 2.40. The fourth-order valence-electron chi connectivity index (χ4n) is 5.71. The van der Waals surface area contributed by atoms with Gasteiger partial charge in [0.05, 0.1) is 22.2 Å². The van der Waals surface area contributed by atoms with Crippen molar-refractivity contribution < 1.29 is 0 Å². The van der Waals surface area contributed by atoms with Gasteiger partial charge in [-0.25, -0.2) is 0 Å². The Hall–Kier alpha value is -3.85. The molecule has 0 bridgehead atoms. The van der Waals surface area contributed by atoms with Crippen LogP contribution in [-0.4, -0.2) is 48.6 Å². The van der Waals surface area contributed by atoms with Crippen LogP contribution in [0.5, 0.6) is 0 Å². The zero-order chi connectivity index (χ0) is 25.6. The lowest BCUT2D eigenvalue weighted by molar-refractivity contribution is 1.29. The molecule has 0 saturated heterocycles. The Labute approximate surface area is 221 Å². The van der Waals surface area contributed by atoms with E-state index in [1.807, 2.05) is 13.0 Å². The first-order chi connectivity index (χ1) is 17.9. The van der Waals surface area contributed by atoms with Gasteiger partial charge in [-0.2, -0.15) is 0 Å². The average molecular weight is 458 g/mol. The highest BCUT2D eigenvalue weighted by molar-refractivity contribution is 6.68. The second kappa shape index (κ2) is 7.82. The van der Waals surface area contributed by atoms with Crippen molar-refractivity contribution >= 4 is 105 Å². The minimum Gasteiger partial charge on any atom is -0.308 e. The van der Waals surface area contributed by atoms with E-state index in [1.54, 1.807) is 6.20 Å². The van der Waals surface area contributed by atoms with Crippen LogP contribution in [0.3, 0.4) is 0 Å². The molecular weight excluding hydrogens is 442 g/mol. The second-order valence-corrected chi connectivity index (χ2v) is 9.61. The maximum Gasteiger partial charge on any atom is 0.113 e. The molecule has 0 amide bonds. The van der Waals surface area contributed by atoms with Crippen LogP contribution in [0.15, 0.2) is 72.9 Å². The summed E-state index contributed by atoms with van der Waals surface area (Å²) in [4.78, 5) is 4.78. The molecule has 2 nitrogen and oxygen atoms in total. The van der Waals surface area contributed by atoms with Crippen molar-refractivity contribution in [2.75, 3.05) is 0 Å². The summed E-state index contributed by atoms with van der Waals surface area (Å²) in [5.41, 5.74) is 9.08. The Morgan fingerprint density at radius 2 is 1.24 bits per heavy atom. The molecule has 0 spiro atoms. The molecule has 3 aromatic heterocycles. The number of hydrogen-bond acceptors (Lipinski definition) is 1. The summed E-state index contributed by atoms with van der Waals surface area (Å²) >= 11 is 0. The SMILES string of the molecule is [B]c1c([B])c([B])c(-c2cnc(-c3ccc4c(c3)c3cccc5c6ccccc6n4c53)cc2C)c([B])c1[B]. The van der Waals surface area contributed by atoms with Crippen LogP contribution >= 0.6 is 0 Å². The van der Waals surface area contributed by atoms with Crippen LogP contribution in [-0.2, 0) is 0 Å². The van der Waals surface area contributed by atoms with Gasteiger partial charge in [-0.05, 0) is 42.3 Å². The number of fused-ring (bicyclic) bond motifs is 6. The molecule has 7 heteroatoms. The Morgan fingerprint density at radius 3 is 1.97 bits per heavy atom. The maximum atomic E-state index is 6.30. The quantitative estimate of drug-likeness (QED) is 0.362. The summed E-state index contributed by atoms with van der Waals surface area (Å²) in [7, 11) is 30.8. The van der Waals surface area contributed by atoms with E-state index in [4.69, 9.17) is 44.2 Å². The lowest BCUT2D eigenvalue weighted by Crippen LogP contribution is -2.55. The van der Waals surface area contributed by atoms with Crippen molar-refractivity contribution in [1.29, 1.82) is 0 Å². The highest BCUT2D eigenvalue weighted by atomic mass is 14.9. The van der Waals surface area contributed by atoms with Crippen molar-refractivity contribution in [1.82, 2.24) is 9.38 Å². The van der Waals surface area contributed by atoms with E-state index in [0.29, 0.717) is 16.5 Å². The second-order valence-electron chi connectivity index (χ2n) is 9.61. The van der Waals surface area contributed by atoms with Gasteiger partial charge in [0.15, 0.2) is 0 Å². The molecule has 0 fully saturated rings. The number of nitrogens with zero attached hydrogens (tertiary/aromatic N) is 2. The number of benzene rings is 4. The van der Waals surface area contributed by atoms with Crippen molar-refractivity contribution in [3.8, 4) is 22.4 Å². The fraction of sp³-hybridized carbons (Fsp3) is 0.0333. The number of hydrogen-bond donors (Lipinski definition) is 0. The van der Waals surface area contributed by atoms with Gasteiger partial charge in [0, 0.05) is 38.9 Å². The Bertz CT molecular complexity index is 2030. The molecular formula is C30H15B5N2. The first-order valence-corrected chi connectivity index (χ1v) is 12.0. The van der Waals surface area contributed by atoms with Crippen LogP contribution in [0, 0.1) is 6.92 Å². The van der Waals surface area contributed by atoms with Crippen LogP contribution in [0.1, 0.15) is 5.56 Å². The molecule has 0 unspecified atom stereocenters. The first kappa shape index (κ1) is 22.4. The van der Waals surface area contributed by atoms with Gasteiger partial charge < -0.3 is 4.40 Å². The van der Waals surface area contributed by atoms with E-state index < -0.39 is 0 Å². The first-order valence-electron chi connectivity index (χ1n) is 12.0. The highest BCUT2D eigenvalue weighted by Gasteiger charge is 2.18. The lowest BCUT2D eigenvalue weighted by Gasteiger charge is -2.22. The minimum atomic E-state index is 0.201. The maximum absolute atomic E-state index is 6.30. The van der Waals surface area contributed by atoms with Gasteiger partial charge in [-0.1, -0.05) is 53.4 Å². The zero-order valence-electron chi connectivity index (χ0n) is 20.2. The van der Waals surface area contributed by atoms with E-state index in [-0.39, 0.29) is 16.4 Å². The topological polar surface area (TPSA) is 17.3 Å². The number of aromatic nitrogens is 2. The summed E-state index contributed by atoms with van der Waals surface area (Å²) in [6.07, 6.45) is 1.77. The Morgan fingerprint density at radius 1 is 0.622 bits per heavy atom. The lowest BCUT2D eigenvalue weighted by atomic mass is 9.59. The molecule has 3 heterocycles. The Kier molecular flexibility index (Phi) is 4.73. The normalized spacial score (nSPS) is 11.9. The molecule has 37 heavy (non-hydrogen) atoms. The van der Waals surface area contributed by atoms with Crippen molar-refractivity contribution in [2.24, 2.45) is 0 Å². The van der Waals surface area contributed by atoms with Gasteiger partial charge in [0.25, 0.3) is 0 Å². The third-order valence-electron chi connectivity index (χ3n) is 7.60. The summed E-state index contributed by atoms with van der Waals surface area (Å²) in [5, 5.41) is 4.96. The predicted octanol–water partition coefficient (Wildman–Crippen LogP) is 1.84. The summed E-state index contributed by atoms with van der Waals surface area (Å²) in [5.74, 6) is 0.